The lowest BCUT2D eigenvalue weighted by Crippen LogP contribution is -2.46. The van der Waals surface area contributed by atoms with E-state index in [-0.39, 0.29) is 17.6 Å². The Balaban J connectivity index is 1.88. The van der Waals surface area contributed by atoms with Gasteiger partial charge in [0.15, 0.2) is 5.78 Å². The van der Waals surface area contributed by atoms with Crippen molar-refractivity contribution in [1.29, 1.82) is 0 Å². The molecule has 0 aromatic heterocycles. The molecule has 2 aromatic rings. The number of nitrogens with zero attached hydrogens (tertiary/aromatic N) is 3. The van der Waals surface area contributed by atoms with Crippen LogP contribution in [0, 0.1) is 10.1 Å². The first-order chi connectivity index (χ1) is 13.0. The number of rotatable bonds is 6. The van der Waals surface area contributed by atoms with Gasteiger partial charge in [0.25, 0.3) is 5.69 Å². The summed E-state index contributed by atoms with van der Waals surface area (Å²) in [6.07, 6.45) is -0.0148. The molecule has 7 nitrogen and oxygen atoms in total. The predicted molar refractivity (Wildman–Crippen MR) is 103 cm³/mol. The van der Waals surface area contributed by atoms with E-state index in [0.717, 1.165) is 6.54 Å². The number of likely N-dealkylation sites (N-methyl/N-ethyl adjacent to an activating group) is 1. The van der Waals surface area contributed by atoms with Crippen LogP contribution in [0.15, 0.2) is 48.5 Å². The highest BCUT2D eigenvalue weighted by atomic mass is 16.6. The summed E-state index contributed by atoms with van der Waals surface area (Å²) in [5, 5.41) is 11.7. The standard InChI is InChI=1S/C20H23N3O4/c1-21(2)13-17-14-22(10-11-27-17)18-9-8-16(12-19(18)23(25)26)20(24)15-6-4-3-5-7-15/h3-9,12,17H,10-11,13-14H2,1-2H3. The van der Waals surface area contributed by atoms with E-state index in [2.05, 4.69) is 0 Å². The molecule has 0 bridgehead atoms. The third-order valence-electron chi connectivity index (χ3n) is 4.52. The number of ketones is 1. The van der Waals surface area contributed by atoms with Crippen LogP contribution in [0.4, 0.5) is 11.4 Å². The number of carbonyl (C=O) groups is 1. The maximum Gasteiger partial charge on any atom is 0.293 e. The highest BCUT2D eigenvalue weighted by Crippen LogP contribution is 2.31. The quantitative estimate of drug-likeness (QED) is 0.443. The molecule has 3 rings (SSSR count). The molecule has 1 saturated heterocycles. The Bertz CT molecular complexity index is 823. The van der Waals surface area contributed by atoms with Gasteiger partial charge in [-0.05, 0) is 26.2 Å². The van der Waals surface area contributed by atoms with E-state index in [1.807, 2.05) is 30.0 Å². The topological polar surface area (TPSA) is 75.9 Å². The number of ether oxygens (including phenoxy) is 1. The Morgan fingerprint density at radius 2 is 1.96 bits per heavy atom. The Kier molecular flexibility index (Phi) is 5.83. The van der Waals surface area contributed by atoms with Crippen molar-refractivity contribution >= 4 is 17.2 Å². The second-order valence-corrected chi connectivity index (χ2v) is 6.86. The van der Waals surface area contributed by atoms with E-state index in [4.69, 9.17) is 4.74 Å². The van der Waals surface area contributed by atoms with Gasteiger partial charge in [0.05, 0.1) is 17.6 Å². The summed E-state index contributed by atoms with van der Waals surface area (Å²) in [4.78, 5) is 27.9. The van der Waals surface area contributed by atoms with Gasteiger partial charge in [0, 0.05) is 36.8 Å². The monoisotopic (exact) mass is 369 g/mol. The summed E-state index contributed by atoms with van der Waals surface area (Å²) in [7, 11) is 3.93. The SMILES string of the molecule is CN(C)CC1CN(c2ccc(C(=O)c3ccccc3)cc2[N+](=O)[O-])CCO1. The molecule has 1 aliphatic rings. The van der Waals surface area contributed by atoms with Crippen LogP contribution in [0.1, 0.15) is 15.9 Å². The van der Waals surface area contributed by atoms with Gasteiger partial charge in [0.1, 0.15) is 5.69 Å². The molecule has 1 unspecified atom stereocenters. The molecule has 0 amide bonds. The molecule has 7 heteroatoms. The van der Waals surface area contributed by atoms with Crippen LogP contribution < -0.4 is 4.90 Å². The van der Waals surface area contributed by atoms with Gasteiger partial charge in [-0.3, -0.25) is 14.9 Å². The van der Waals surface area contributed by atoms with Gasteiger partial charge < -0.3 is 14.5 Å². The van der Waals surface area contributed by atoms with Gasteiger partial charge in [-0.2, -0.15) is 0 Å². The van der Waals surface area contributed by atoms with Crippen LogP contribution in [0.2, 0.25) is 0 Å². The second-order valence-electron chi connectivity index (χ2n) is 6.86. The number of anilines is 1. The second kappa shape index (κ2) is 8.28. The molecule has 1 fully saturated rings. The minimum absolute atomic E-state index is 0.0148. The maximum atomic E-state index is 12.6. The smallest absolute Gasteiger partial charge is 0.293 e. The van der Waals surface area contributed by atoms with E-state index in [1.165, 1.54) is 6.07 Å². The van der Waals surface area contributed by atoms with Crippen LogP contribution in [0.3, 0.4) is 0 Å². The summed E-state index contributed by atoms with van der Waals surface area (Å²) >= 11 is 0. The van der Waals surface area contributed by atoms with Crippen molar-refractivity contribution in [3.63, 3.8) is 0 Å². The van der Waals surface area contributed by atoms with Gasteiger partial charge in [-0.1, -0.05) is 30.3 Å². The van der Waals surface area contributed by atoms with Crippen molar-refractivity contribution in [2.75, 3.05) is 45.2 Å². The molecular weight excluding hydrogens is 346 g/mol. The number of nitro benzene ring substituents is 1. The van der Waals surface area contributed by atoms with E-state index in [9.17, 15) is 14.9 Å². The Hall–Kier alpha value is -2.77. The average molecular weight is 369 g/mol. The zero-order valence-corrected chi connectivity index (χ0v) is 15.5. The van der Waals surface area contributed by atoms with Crippen molar-refractivity contribution in [2.24, 2.45) is 0 Å². The molecule has 142 valence electrons. The predicted octanol–water partition coefficient (Wildman–Crippen LogP) is 2.59. The van der Waals surface area contributed by atoms with Gasteiger partial charge >= 0.3 is 0 Å². The molecule has 1 aliphatic heterocycles. The summed E-state index contributed by atoms with van der Waals surface area (Å²) in [5.74, 6) is -0.224. The summed E-state index contributed by atoms with van der Waals surface area (Å²) in [6.45, 7) is 2.41. The highest BCUT2D eigenvalue weighted by Gasteiger charge is 2.27. The molecule has 0 aliphatic carbocycles. The fourth-order valence-electron chi connectivity index (χ4n) is 3.29. The molecule has 0 radical (unpaired) electrons. The van der Waals surface area contributed by atoms with E-state index < -0.39 is 4.92 Å². The number of morpholine rings is 1. The summed E-state index contributed by atoms with van der Waals surface area (Å²) in [6, 6.07) is 13.5. The molecule has 0 saturated carbocycles. The Morgan fingerprint density at radius 3 is 2.63 bits per heavy atom. The molecule has 27 heavy (non-hydrogen) atoms. The number of benzene rings is 2. The normalized spacial score (nSPS) is 17.1. The fourth-order valence-corrected chi connectivity index (χ4v) is 3.29. The van der Waals surface area contributed by atoms with Crippen molar-refractivity contribution < 1.29 is 14.5 Å². The van der Waals surface area contributed by atoms with Crippen LogP contribution in [0.5, 0.6) is 0 Å². The van der Waals surface area contributed by atoms with Crippen LogP contribution in [-0.4, -0.2) is 62.0 Å². The number of hydrogen-bond donors (Lipinski definition) is 0. The van der Waals surface area contributed by atoms with E-state index in [1.54, 1.807) is 36.4 Å². The van der Waals surface area contributed by atoms with Crippen molar-refractivity contribution in [1.82, 2.24) is 4.90 Å². The molecule has 2 aromatic carbocycles. The number of nitro groups is 1. The first kappa shape index (κ1) is 19.0. The number of hydrogen-bond acceptors (Lipinski definition) is 6. The third kappa shape index (κ3) is 4.50. The molecule has 0 N–H and O–H groups in total. The highest BCUT2D eigenvalue weighted by molar-refractivity contribution is 6.09. The summed E-state index contributed by atoms with van der Waals surface area (Å²) < 4.78 is 5.75. The van der Waals surface area contributed by atoms with Gasteiger partial charge in [-0.25, -0.2) is 0 Å². The van der Waals surface area contributed by atoms with E-state index >= 15 is 0 Å². The summed E-state index contributed by atoms with van der Waals surface area (Å²) in [5.41, 5.74) is 1.30. The molecule has 0 spiro atoms. The molecule has 1 heterocycles. The van der Waals surface area contributed by atoms with Crippen LogP contribution >= 0.6 is 0 Å². The zero-order valence-electron chi connectivity index (χ0n) is 15.5. The third-order valence-corrected chi connectivity index (χ3v) is 4.52. The van der Waals surface area contributed by atoms with Crippen LogP contribution in [0.25, 0.3) is 0 Å². The van der Waals surface area contributed by atoms with Crippen molar-refractivity contribution in [2.45, 2.75) is 6.10 Å². The lowest BCUT2D eigenvalue weighted by Gasteiger charge is -2.35. The largest absolute Gasteiger partial charge is 0.373 e. The van der Waals surface area contributed by atoms with Crippen LogP contribution in [-0.2, 0) is 4.74 Å². The zero-order chi connectivity index (χ0) is 19.4. The average Bonchev–Trinajstić information content (AvgIpc) is 2.67. The van der Waals surface area contributed by atoms with Crippen molar-refractivity contribution in [3.8, 4) is 0 Å². The fraction of sp³-hybridized carbons (Fsp3) is 0.350. The van der Waals surface area contributed by atoms with Gasteiger partial charge in [-0.15, -0.1) is 0 Å². The minimum Gasteiger partial charge on any atom is -0.373 e. The number of carbonyl (C=O) groups excluding carboxylic acids is 1. The van der Waals surface area contributed by atoms with E-state index in [0.29, 0.717) is 36.5 Å². The first-order valence-electron chi connectivity index (χ1n) is 8.85. The Morgan fingerprint density at radius 1 is 1.22 bits per heavy atom. The minimum atomic E-state index is -0.423. The first-order valence-corrected chi connectivity index (χ1v) is 8.85. The maximum absolute atomic E-state index is 12.6. The van der Waals surface area contributed by atoms with Crippen molar-refractivity contribution in [3.05, 3.63) is 69.8 Å². The lowest BCUT2D eigenvalue weighted by atomic mass is 10.0. The molecular formula is C20H23N3O4. The lowest BCUT2D eigenvalue weighted by molar-refractivity contribution is -0.384. The molecule has 1 atom stereocenters. The Labute approximate surface area is 158 Å². The van der Waals surface area contributed by atoms with Gasteiger partial charge in [0.2, 0.25) is 0 Å².